The van der Waals surface area contributed by atoms with Crippen LogP contribution in [0, 0.1) is 0 Å². The largest absolute Gasteiger partial charge is 0.445 e. The van der Waals surface area contributed by atoms with Gasteiger partial charge in [0, 0.05) is 6.04 Å². The third kappa shape index (κ3) is 6.87. The van der Waals surface area contributed by atoms with Crippen LogP contribution >= 0.6 is 0 Å². The first-order valence-electron chi connectivity index (χ1n) is 5.65. The van der Waals surface area contributed by atoms with Crippen LogP contribution in [0.4, 0.5) is 4.79 Å². The van der Waals surface area contributed by atoms with E-state index in [1.165, 1.54) is 0 Å². The molecule has 90 valence electrons. The number of ether oxygens (including phenoxy) is 1. The average Bonchev–Trinajstić information content (AvgIpc) is 2.30. The van der Waals surface area contributed by atoms with Crippen LogP contribution in [-0.2, 0) is 11.3 Å². The molecule has 1 N–H and O–H groups in total. The fourth-order valence-corrected chi connectivity index (χ4v) is 1.00. The van der Waals surface area contributed by atoms with Crippen LogP contribution in [-0.4, -0.2) is 12.1 Å². The second-order valence-corrected chi connectivity index (χ2v) is 3.36. The average molecular weight is 223 g/mol. The zero-order valence-electron chi connectivity index (χ0n) is 10.5. The highest BCUT2D eigenvalue weighted by molar-refractivity contribution is 5.67. The van der Waals surface area contributed by atoms with Gasteiger partial charge in [0.25, 0.3) is 0 Å². The van der Waals surface area contributed by atoms with Crippen molar-refractivity contribution in [2.45, 2.75) is 40.3 Å². The smallest absolute Gasteiger partial charge is 0.407 e. The monoisotopic (exact) mass is 223 g/mol. The van der Waals surface area contributed by atoms with E-state index in [1.807, 2.05) is 58.0 Å². The van der Waals surface area contributed by atoms with Gasteiger partial charge in [0.1, 0.15) is 6.61 Å². The minimum Gasteiger partial charge on any atom is -0.445 e. The summed E-state index contributed by atoms with van der Waals surface area (Å²) in [5, 5.41) is 2.65. The van der Waals surface area contributed by atoms with Crippen molar-refractivity contribution in [2.75, 3.05) is 0 Å². The van der Waals surface area contributed by atoms with E-state index in [0.717, 1.165) is 5.56 Å². The first-order valence-corrected chi connectivity index (χ1v) is 5.65. The predicted molar refractivity (Wildman–Crippen MR) is 66.2 cm³/mol. The number of carbonyl (C=O) groups is 1. The highest BCUT2D eigenvalue weighted by atomic mass is 16.5. The van der Waals surface area contributed by atoms with Crippen LogP contribution in [0.5, 0.6) is 0 Å². The molecule has 0 bridgehead atoms. The van der Waals surface area contributed by atoms with Gasteiger partial charge in [-0.15, -0.1) is 0 Å². The quantitative estimate of drug-likeness (QED) is 0.853. The van der Waals surface area contributed by atoms with Crippen LogP contribution in [0.3, 0.4) is 0 Å². The Hall–Kier alpha value is -1.51. The molecule has 0 saturated carbocycles. The molecule has 0 unspecified atom stereocenters. The molecule has 0 aliphatic carbocycles. The van der Waals surface area contributed by atoms with Crippen molar-refractivity contribution in [3.63, 3.8) is 0 Å². The van der Waals surface area contributed by atoms with Crippen LogP contribution < -0.4 is 5.32 Å². The summed E-state index contributed by atoms with van der Waals surface area (Å²) in [6.07, 6.45) is -0.371. The van der Waals surface area contributed by atoms with Gasteiger partial charge in [-0.2, -0.15) is 0 Å². The van der Waals surface area contributed by atoms with E-state index in [9.17, 15) is 4.79 Å². The first kappa shape index (κ1) is 14.5. The molecule has 0 aromatic heterocycles. The van der Waals surface area contributed by atoms with E-state index < -0.39 is 0 Å². The maximum atomic E-state index is 11.1. The topological polar surface area (TPSA) is 38.3 Å². The molecule has 16 heavy (non-hydrogen) atoms. The maximum absolute atomic E-state index is 11.1. The summed E-state index contributed by atoms with van der Waals surface area (Å²) in [6.45, 7) is 8.10. The lowest BCUT2D eigenvalue weighted by Crippen LogP contribution is -2.30. The van der Waals surface area contributed by atoms with E-state index >= 15 is 0 Å². The third-order valence-electron chi connectivity index (χ3n) is 1.62. The lowest BCUT2D eigenvalue weighted by molar-refractivity contribution is 0.137. The maximum Gasteiger partial charge on any atom is 0.407 e. The van der Waals surface area contributed by atoms with Gasteiger partial charge in [-0.1, -0.05) is 44.2 Å². The van der Waals surface area contributed by atoms with Crippen LogP contribution in [0.25, 0.3) is 0 Å². The van der Waals surface area contributed by atoms with Crippen molar-refractivity contribution >= 4 is 6.09 Å². The van der Waals surface area contributed by atoms with Crippen molar-refractivity contribution < 1.29 is 9.53 Å². The molecular weight excluding hydrogens is 202 g/mol. The lowest BCUT2D eigenvalue weighted by atomic mass is 10.2. The molecule has 0 atom stereocenters. The molecular formula is C13H21NO2. The van der Waals surface area contributed by atoms with Gasteiger partial charge in [0.15, 0.2) is 0 Å². The van der Waals surface area contributed by atoms with Gasteiger partial charge < -0.3 is 10.1 Å². The number of nitrogens with one attached hydrogen (secondary N) is 1. The fraction of sp³-hybridized carbons (Fsp3) is 0.462. The zero-order valence-corrected chi connectivity index (χ0v) is 10.5. The minimum absolute atomic E-state index is 0.110. The van der Waals surface area contributed by atoms with Gasteiger partial charge in [-0.3, -0.25) is 0 Å². The van der Waals surface area contributed by atoms with Crippen molar-refractivity contribution in [3.05, 3.63) is 35.9 Å². The van der Waals surface area contributed by atoms with E-state index in [2.05, 4.69) is 5.32 Å². The number of alkyl carbamates (subject to hydrolysis) is 1. The Bertz CT molecular complexity index is 283. The molecule has 1 amide bonds. The summed E-state index contributed by atoms with van der Waals surface area (Å²) in [5.41, 5.74) is 0.992. The number of rotatable bonds is 3. The number of benzene rings is 1. The van der Waals surface area contributed by atoms with Crippen LogP contribution in [0.1, 0.15) is 33.3 Å². The molecule has 0 spiro atoms. The summed E-state index contributed by atoms with van der Waals surface area (Å²) in [6, 6.07) is 9.71. The summed E-state index contributed by atoms with van der Waals surface area (Å²) in [5.74, 6) is 0. The van der Waals surface area contributed by atoms with Crippen molar-refractivity contribution in [3.8, 4) is 0 Å². The fourth-order valence-electron chi connectivity index (χ4n) is 1.00. The van der Waals surface area contributed by atoms with E-state index in [4.69, 9.17) is 4.74 Å². The standard InChI is InChI=1S/C11H15NO2.C2H6/c1-9(2)12-11(13)14-8-10-6-4-3-5-7-10;1-2/h3-7,9H,8H2,1-2H3,(H,12,13);1-2H3. The molecule has 1 aromatic rings. The zero-order chi connectivity index (χ0) is 12.4. The second kappa shape index (κ2) is 8.77. The van der Waals surface area contributed by atoms with E-state index in [-0.39, 0.29) is 12.1 Å². The molecule has 0 fully saturated rings. The molecule has 3 nitrogen and oxygen atoms in total. The first-order chi connectivity index (χ1) is 7.68. The van der Waals surface area contributed by atoms with Crippen molar-refractivity contribution in [1.82, 2.24) is 5.32 Å². The van der Waals surface area contributed by atoms with E-state index in [1.54, 1.807) is 0 Å². The van der Waals surface area contributed by atoms with Gasteiger partial charge in [0.2, 0.25) is 0 Å². The van der Waals surface area contributed by atoms with Gasteiger partial charge in [-0.05, 0) is 19.4 Å². The molecule has 3 heteroatoms. The Balaban J connectivity index is 0.00000106. The number of amides is 1. The number of hydrogen-bond acceptors (Lipinski definition) is 2. The Kier molecular flexibility index (Phi) is 7.94. The van der Waals surface area contributed by atoms with Gasteiger partial charge >= 0.3 is 6.09 Å². The Morgan fingerprint density at radius 3 is 2.31 bits per heavy atom. The van der Waals surface area contributed by atoms with Crippen molar-refractivity contribution in [2.24, 2.45) is 0 Å². The summed E-state index contributed by atoms with van der Waals surface area (Å²) < 4.78 is 4.99. The van der Waals surface area contributed by atoms with Crippen LogP contribution in [0.2, 0.25) is 0 Å². The van der Waals surface area contributed by atoms with E-state index in [0.29, 0.717) is 6.61 Å². The molecule has 0 saturated heterocycles. The molecule has 0 aliphatic heterocycles. The Labute approximate surface area is 97.8 Å². The number of hydrogen-bond donors (Lipinski definition) is 1. The van der Waals surface area contributed by atoms with Crippen molar-refractivity contribution in [1.29, 1.82) is 0 Å². The predicted octanol–water partition coefficient (Wildman–Crippen LogP) is 3.35. The number of carbonyl (C=O) groups excluding carboxylic acids is 1. The Morgan fingerprint density at radius 2 is 1.81 bits per heavy atom. The summed E-state index contributed by atoms with van der Waals surface area (Å²) in [7, 11) is 0. The molecule has 0 aliphatic rings. The molecule has 1 aromatic carbocycles. The van der Waals surface area contributed by atoms with Crippen LogP contribution in [0.15, 0.2) is 30.3 Å². The third-order valence-corrected chi connectivity index (χ3v) is 1.62. The normalized spacial score (nSPS) is 9.06. The molecule has 0 heterocycles. The Morgan fingerprint density at radius 1 is 1.25 bits per heavy atom. The summed E-state index contributed by atoms with van der Waals surface area (Å²) >= 11 is 0. The SMILES string of the molecule is CC.CC(C)NC(=O)OCc1ccccc1. The summed E-state index contributed by atoms with van der Waals surface area (Å²) in [4.78, 5) is 11.1. The van der Waals surface area contributed by atoms with Gasteiger partial charge in [-0.25, -0.2) is 4.79 Å². The highest BCUT2D eigenvalue weighted by Gasteiger charge is 2.03. The molecule has 0 radical (unpaired) electrons. The minimum atomic E-state index is -0.371. The molecule has 1 rings (SSSR count). The second-order valence-electron chi connectivity index (χ2n) is 3.36. The highest BCUT2D eigenvalue weighted by Crippen LogP contribution is 2.00. The lowest BCUT2D eigenvalue weighted by Gasteiger charge is -2.08. The van der Waals surface area contributed by atoms with Gasteiger partial charge in [0.05, 0.1) is 0 Å².